The highest BCUT2D eigenvalue weighted by Crippen LogP contribution is 2.42. The number of aryl methyl sites for hydroxylation is 2. The molecule has 0 saturated carbocycles. The summed E-state index contributed by atoms with van der Waals surface area (Å²) in [5, 5.41) is 11.7. The van der Waals surface area contributed by atoms with Crippen LogP contribution in [0.2, 0.25) is 0 Å². The fourth-order valence-electron chi connectivity index (χ4n) is 4.35. The van der Waals surface area contributed by atoms with Crippen molar-refractivity contribution in [1.29, 1.82) is 0 Å². The zero-order valence-electron chi connectivity index (χ0n) is 17.7. The number of carbonyl (C=O) groups excluding carboxylic acids is 2. The summed E-state index contributed by atoms with van der Waals surface area (Å²) in [6, 6.07) is 16.9. The molecule has 4 rings (SSSR count). The van der Waals surface area contributed by atoms with Gasteiger partial charge in [-0.3, -0.25) is 9.59 Å². The number of ketones is 1. The van der Waals surface area contributed by atoms with Crippen LogP contribution >= 0.6 is 0 Å². The number of rotatable bonds is 8. The molecule has 1 unspecified atom stereocenters. The number of aliphatic hydroxyl groups is 1. The number of aromatic amines is 1. The van der Waals surface area contributed by atoms with Crippen LogP contribution in [0.1, 0.15) is 29.3 Å². The first-order valence-corrected chi connectivity index (χ1v) is 10.4. The number of para-hydroxylation sites is 1. The number of hydrogen-bond donors (Lipinski definition) is 2. The Balaban J connectivity index is 1.74. The first-order chi connectivity index (χ1) is 15.0. The monoisotopic (exact) mass is 418 g/mol. The molecular formula is C25H26N2O4. The van der Waals surface area contributed by atoms with E-state index in [0.29, 0.717) is 13.0 Å². The highest BCUT2D eigenvalue weighted by atomic mass is 16.5. The number of methoxy groups -OCH3 is 1. The quantitative estimate of drug-likeness (QED) is 0.579. The van der Waals surface area contributed by atoms with Gasteiger partial charge in [0.1, 0.15) is 0 Å². The number of Topliss-reactive ketones (excluding diaryl/α,β-unsaturated/α-hetero) is 1. The van der Waals surface area contributed by atoms with E-state index < -0.39 is 17.7 Å². The first kappa shape index (κ1) is 20.9. The maximum absolute atomic E-state index is 13.3. The van der Waals surface area contributed by atoms with E-state index in [9.17, 15) is 14.7 Å². The second-order valence-electron chi connectivity index (χ2n) is 7.77. The zero-order chi connectivity index (χ0) is 22.0. The summed E-state index contributed by atoms with van der Waals surface area (Å²) < 4.78 is 5.19. The van der Waals surface area contributed by atoms with Gasteiger partial charge in [0.25, 0.3) is 5.91 Å². The smallest absolute Gasteiger partial charge is 0.290 e. The van der Waals surface area contributed by atoms with E-state index in [1.165, 1.54) is 4.90 Å². The number of nitrogens with zero attached hydrogens (tertiary/aromatic N) is 1. The van der Waals surface area contributed by atoms with E-state index in [1.807, 2.05) is 61.5 Å². The van der Waals surface area contributed by atoms with Gasteiger partial charge in [0, 0.05) is 42.2 Å². The van der Waals surface area contributed by atoms with E-state index in [2.05, 4.69) is 4.98 Å². The molecule has 0 bridgehead atoms. The molecule has 0 fully saturated rings. The number of aromatic nitrogens is 1. The average molecular weight is 418 g/mol. The number of fused-ring (bicyclic) bond motifs is 1. The molecule has 0 aliphatic carbocycles. The lowest BCUT2D eigenvalue weighted by atomic mass is 9.91. The van der Waals surface area contributed by atoms with Crippen LogP contribution in [0.25, 0.3) is 10.9 Å². The highest BCUT2D eigenvalue weighted by Gasteiger charge is 2.44. The van der Waals surface area contributed by atoms with Gasteiger partial charge >= 0.3 is 0 Å². The Morgan fingerprint density at radius 3 is 2.58 bits per heavy atom. The molecule has 1 aromatic heterocycles. The van der Waals surface area contributed by atoms with Gasteiger partial charge in [0.15, 0.2) is 11.5 Å². The number of benzene rings is 2. The summed E-state index contributed by atoms with van der Waals surface area (Å²) in [7, 11) is 1.56. The number of H-pyrrole nitrogens is 1. The normalized spacial score (nSPS) is 16.5. The first-order valence-electron chi connectivity index (χ1n) is 10.4. The number of carbonyl (C=O) groups is 2. The number of aliphatic hydroxyl groups excluding tert-OH is 1. The molecule has 0 spiro atoms. The Morgan fingerprint density at radius 1 is 1.13 bits per heavy atom. The topological polar surface area (TPSA) is 82.6 Å². The Kier molecular flexibility index (Phi) is 5.91. The third kappa shape index (κ3) is 3.86. The largest absolute Gasteiger partial charge is 0.503 e. The van der Waals surface area contributed by atoms with Crippen molar-refractivity contribution in [2.24, 2.45) is 0 Å². The van der Waals surface area contributed by atoms with E-state index in [4.69, 9.17) is 4.74 Å². The number of nitrogens with one attached hydrogen (secondary N) is 1. The number of hydrogen-bond acceptors (Lipinski definition) is 4. The van der Waals surface area contributed by atoms with Gasteiger partial charge in [-0.1, -0.05) is 48.5 Å². The number of amides is 1. The average Bonchev–Trinajstić information content (AvgIpc) is 3.24. The lowest BCUT2D eigenvalue weighted by Crippen LogP contribution is -2.34. The van der Waals surface area contributed by atoms with Crippen LogP contribution in [0.5, 0.6) is 0 Å². The third-order valence-corrected chi connectivity index (χ3v) is 5.84. The van der Waals surface area contributed by atoms with Crippen LogP contribution in [-0.4, -0.2) is 46.9 Å². The van der Waals surface area contributed by atoms with Crippen molar-refractivity contribution in [3.8, 4) is 0 Å². The molecule has 1 amide bonds. The second-order valence-corrected chi connectivity index (χ2v) is 7.77. The van der Waals surface area contributed by atoms with Gasteiger partial charge in [0.05, 0.1) is 18.2 Å². The van der Waals surface area contributed by atoms with Crippen LogP contribution in [0.4, 0.5) is 0 Å². The maximum atomic E-state index is 13.3. The Labute approximate surface area is 181 Å². The SMILES string of the molecule is COCCN1C(=O)C(O)=C(C(=O)CCc2ccccc2)C1c1c(C)[nH]c2ccccc12. The van der Waals surface area contributed by atoms with Crippen molar-refractivity contribution in [2.45, 2.75) is 25.8 Å². The summed E-state index contributed by atoms with van der Waals surface area (Å²) in [5.41, 5.74) is 3.84. The van der Waals surface area contributed by atoms with Crippen molar-refractivity contribution < 1.29 is 19.4 Å². The van der Waals surface area contributed by atoms with Gasteiger partial charge in [-0.25, -0.2) is 0 Å². The van der Waals surface area contributed by atoms with Gasteiger partial charge in [-0.2, -0.15) is 0 Å². The second kappa shape index (κ2) is 8.78. The predicted molar refractivity (Wildman–Crippen MR) is 119 cm³/mol. The molecule has 0 saturated heterocycles. The van der Waals surface area contributed by atoms with Crippen molar-refractivity contribution in [3.63, 3.8) is 0 Å². The fourth-order valence-corrected chi connectivity index (χ4v) is 4.35. The van der Waals surface area contributed by atoms with Crippen molar-refractivity contribution in [1.82, 2.24) is 9.88 Å². The Bertz CT molecular complexity index is 1150. The van der Waals surface area contributed by atoms with E-state index in [1.54, 1.807) is 7.11 Å². The molecule has 2 N–H and O–H groups in total. The van der Waals surface area contributed by atoms with Gasteiger partial charge in [-0.15, -0.1) is 0 Å². The van der Waals surface area contributed by atoms with Crippen LogP contribution in [0.15, 0.2) is 65.9 Å². The highest BCUT2D eigenvalue weighted by molar-refractivity contribution is 6.09. The van der Waals surface area contributed by atoms with Crippen LogP contribution < -0.4 is 0 Å². The lowest BCUT2D eigenvalue weighted by molar-refractivity contribution is -0.130. The van der Waals surface area contributed by atoms with Crippen LogP contribution in [-0.2, 0) is 20.7 Å². The molecule has 1 atom stereocenters. The van der Waals surface area contributed by atoms with Gasteiger partial charge in [0.2, 0.25) is 0 Å². The summed E-state index contributed by atoms with van der Waals surface area (Å²) in [5.74, 6) is -1.21. The summed E-state index contributed by atoms with van der Waals surface area (Å²) >= 11 is 0. The molecular weight excluding hydrogens is 392 g/mol. The zero-order valence-corrected chi connectivity index (χ0v) is 17.7. The Hall–Kier alpha value is -3.38. The molecule has 2 heterocycles. The van der Waals surface area contributed by atoms with Crippen molar-refractivity contribution in [2.75, 3.05) is 20.3 Å². The van der Waals surface area contributed by atoms with Crippen LogP contribution in [0, 0.1) is 6.92 Å². The molecule has 31 heavy (non-hydrogen) atoms. The lowest BCUT2D eigenvalue weighted by Gasteiger charge is -2.27. The number of ether oxygens (including phenoxy) is 1. The molecule has 1 aliphatic heterocycles. The Morgan fingerprint density at radius 2 is 1.84 bits per heavy atom. The molecule has 6 nitrogen and oxygen atoms in total. The molecule has 6 heteroatoms. The summed E-state index contributed by atoms with van der Waals surface area (Å²) in [6.45, 7) is 2.51. The molecule has 0 radical (unpaired) electrons. The maximum Gasteiger partial charge on any atom is 0.290 e. The van der Waals surface area contributed by atoms with Crippen LogP contribution in [0.3, 0.4) is 0 Å². The minimum Gasteiger partial charge on any atom is -0.503 e. The predicted octanol–water partition coefficient (Wildman–Crippen LogP) is 4.02. The summed E-state index contributed by atoms with van der Waals surface area (Å²) in [6.07, 6.45) is 0.759. The van der Waals surface area contributed by atoms with Gasteiger partial charge in [-0.05, 0) is 25.0 Å². The standard InChI is InChI=1S/C25H26N2O4/c1-16-21(18-10-6-7-11-19(18)26-16)23-22(24(29)25(30)27(23)14-15-31-2)20(28)13-12-17-8-4-3-5-9-17/h3-11,23,26,29H,12-15H2,1-2H3. The van der Waals surface area contributed by atoms with E-state index in [-0.39, 0.29) is 24.3 Å². The van der Waals surface area contributed by atoms with Crippen molar-refractivity contribution in [3.05, 3.63) is 82.8 Å². The minimum atomic E-state index is -0.651. The molecule has 1 aliphatic rings. The van der Waals surface area contributed by atoms with Crippen molar-refractivity contribution >= 4 is 22.6 Å². The fraction of sp³-hybridized carbons (Fsp3) is 0.280. The van der Waals surface area contributed by atoms with E-state index in [0.717, 1.165) is 27.7 Å². The molecule has 160 valence electrons. The molecule has 3 aromatic rings. The van der Waals surface area contributed by atoms with E-state index >= 15 is 0 Å². The summed E-state index contributed by atoms with van der Waals surface area (Å²) in [4.78, 5) is 31.1. The molecule has 2 aromatic carbocycles. The van der Waals surface area contributed by atoms with Gasteiger partial charge < -0.3 is 19.7 Å². The third-order valence-electron chi connectivity index (χ3n) is 5.84. The minimum absolute atomic E-state index is 0.171.